The van der Waals surface area contributed by atoms with Crippen molar-refractivity contribution in [3.63, 3.8) is 0 Å². The van der Waals surface area contributed by atoms with E-state index in [9.17, 15) is 0 Å². The zero-order valence-electron chi connectivity index (χ0n) is 11.0. The second kappa shape index (κ2) is 4.22. The highest BCUT2D eigenvalue weighted by Gasteiger charge is 2.33. The predicted molar refractivity (Wildman–Crippen MR) is 73.3 cm³/mol. The van der Waals surface area contributed by atoms with Crippen LogP contribution in [0.15, 0.2) is 31.0 Å². The average molecular weight is 267 g/mol. The van der Waals surface area contributed by atoms with Gasteiger partial charge in [-0.1, -0.05) is 0 Å². The molecular formula is C13H13N7. The van der Waals surface area contributed by atoms with Gasteiger partial charge in [0.15, 0.2) is 5.65 Å². The maximum atomic E-state index is 4.57. The molecule has 0 bridgehead atoms. The molecule has 1 aliphatic rings. The third-order valence-corrected chi connectivity index (χ3v) is 3.63. The fourth-order valence-corrected chi connectivity index (χ4v) is 2.57. The fourth-order valence-electron chi connectivity index (χ4n) is 2.57. The molecule has 1 aliphatic heterocycles. The first-order valence-corrected chi connectivity index (χ1v) is 6.47. The first kappa shape index (κ1) is 11.3. The van der Waals surface area contributed by atoms with E-state index in [1.165, 1.54) is 0 Å². The van der Waals surface area contributed by atoms with Gasteiger partial charge in [0.1, 0.15) is 11.3 Å². The van der Waals surface area contributed by atoms with Crippen LogP contribution in [0.25, 0.3) is 11.2 Å². The van der Waals surface area contributed by atoms with Crippen LogP contribution in [-0.2, 0) is 7.05 Å². The van der Waals surface area contributed by atoms with E-state index in [0.717, 1.165) is 35.8 Å². The van der Waals surface area contributed by atoms with Crippen molar-refractivity contribution in [3.05, 3.63) is 36.7 Å². The Morgan fingerprint density at radius 2 is 1.85 bits per heavy atom. The number of hydrogen-bond acceptors (Lipinski definition) is 6. The Balaban J connectivity index is 1.61. The van der Waals surface area contributed by atoms with Crippen molar-refractivity contribution in [2.75, 3.05) is 18.0 Å². The Hall–Kier alpha value is -2.57. The number of fused-ring (bicyclic) bond motifs is 1. The summed E-state index contributed by atoms with van der Waals surface area (Å²) in [6, 6.07) is 0. The van der Waals surface area contributed by atoms with E-state index < -0.39 is 0 Å². The quantitative estimate of drug-likeness (QED) is 0.682. The van der Waals surface area contributed by atoms with Crippen LogP contribution in [0.1, 0.15) is 11.6 Å². The topological polar surface area (TPSA) is 72.6 Å². The minimum absolute atomic E-state index is 0.373. The minimum atomic E-state index is 0.373. The van der Waals surface area contributed by atoms with Crippen LogP contribution in [0.2, 0.25) is 0 Å². The van der Waals surface area contributed by atoms with E-state index in [1.807, 2.05) is 7.05 Å². The molecule has 100 valence electrons. The first-order chi connectivity index (χ1) is 9.83. The predicted octanol–water partition coefficient (Wildman–Crippen LogP) is 0.757. The van der Waals surface area contributed by atoms with Crippen LogP contribution in [0, 0.1) is 0 Å². The molecule has 0 unspecified atom stereocenters. The van der Waals surface area contributed by atoms with Gasteiger partial charge < -0.3 is 4.90 Å². The van der Waals surface area contributed by atoms with E-state index >= 15 is 0 Å². The second-order valence-electron chi connectivity index (χ2n) is 4.90. The van der Waals surface area contributed by atoms with Gasteiger partial charge in [0, 0.05) is 50.8 Å². The first-order valence-electron chi connectivity index (χ1n) is 6.47. The van der Waals surface area contributed by atoms with Gasteiger partial charge in [0.25, 0.3) is 0 Å². The van der Waals surface area contributed by atoms with Gasteiger partial charge in [0.05, 0.1) is 11.9 Å². The number of anilines is 1. The molecule has 0 radical (unpaired) electrons. The fraction of sp³-hybridized carbons (Fsp3) is 0.308. The molecule has 0 saturated carbocycles. The summed E-state index contributed by atoms with van der Waals surface area (Å²) in [4.78, 5) is 19.3. The van der Waals surface area contributed by atoms with E-state index in [4.69, 9.17) is 0 Å². The van der Waals surface area contributed by atoms with Crippen molar-refractivity contribution in [3.8, 4) is 0 Å². The minimum Gasteiger partial charge on any atom is -0.354 e. The molecule has 7 nitrogen and oxygen atoms in total. The monoisotopic (exact) mass is 267 g/mol. The van der Waals surface area contributed by atoms with Gasteiger partial charge >= 0.3 is 0 Å². The molecule has 0 spiro atoms. The maximum Gasteiger partial charge on any atom is 0.176 e. The number of nitrogens with zero attached hydrogens (tertiary/aromatic N) is 7. The molecule has 1 saturated heterocycles. The summed E-state index contributed by atoms with van der Waals surface area (Å²) in [7, 11) is 1.90. The van der Waals surface area contributed by atoms with Gasteiger partial charge in [-0.05, 0) is 0 Å². The van der Waals surface area contributed by atoms with Gasteiger partial charge in [-0.2, -0.15) is 5.10 Å². The van der Waals surface area contributed by atoms with Crippen molar-refractivity contribution in [2.45, 2.75) is 5.92 Å². The Kier molecular flexibility index (Phi) is 2.38. The van der Waals surface area contributed by atoms with Crippen molar-refractivity contribution in [1.82, 2.24) is 29.7 Å². The lowest BCUT2D eigenvalue weighted by atomic mass is 9.96. The van der Waals surface area contributed by atoms with Crippen LogP contribution in [0.5, 0.6) is 0 Å². The molecule has 0 N–H and O–H groups in total. The van der Waals surface area contributed by atoms with E-state index in [-0.39, 0.29) is 0 Å². The largest absolute Gasteiger partial charge is 0.354 e. The SMILES string of the molecule is Cn1nc(C2CN(c3cnccn3)C2)c2nccnc21. The van der Waals surface area contributed by atoms with Gasteiger partial charge in [-0.15, -0.1) is 0 Å². The van der Waals surface area contributed by atoms with Crippen molar-refractivity contribution >= 4 is 17.0 Å². The lowest BCUT2D eigenvalue weighted by Gasteiger charge is -2.38. The second-order valence-corrected chi connectivity index (χ2v) is 4.90. The molecule has 0 aliphatic carbocycles. The van der Waals surface area contributed by atoms with Gasteiger partial charge in [-0.3, -0.25) is 4.98 Å². The summed E-state index contributed by atoms with van der Waals surface area (Å²) >= 11 is 0. The highest BCUT2D eigenvalue weighted by Crippen LogP contribution is 2.32. The normalized spacial score (nSPS) is 15.6. The summed E-state index contributed by atoms with van der Waals surface area (Å²) in [6.45, 7) is 1.78. The van der Waals surface area contributed by atoms with Crippen molar-refractivity contribution in [1.29, 1.82) is 0 Å². The van der Waals surface area contributed by atoms with Crippen LogP contribution in [-0.4, -0.2) is 42.8 Å². The van der Waals surface area contributed by atoms with Crippen LogP contribution >= 0.6 is 0 Å². The number of rotatable bonds is 2. The lowest BCUT2D eigenvalue weighted by Crippen LogP contribution is -2.45. The van der Waals surface area contributed by atoms with Crippen LogP contribution in [0.3, 0.4) is 0 Å². The third kappa shape index (κ3) is 1.63. The number of aromatic nitrogens is 6. The molecule has 4 heterocycles. The van der Waals surface area contributed by atoms with Crippen molar-refractivity contribution in [2.24, 2.45) is 7.05 Å². The zero-order valence-corrected chi connectivity index (χ0v) is 11.0. The van der Waals surface area contributed by atoms with Crippen molar-refractivity contribution < 1.29 is 0 Å². The van der Waals surface area contributed by atoms with Crippen LogP contribution in [0.4, 0.5) is 5.82 Å². The molecule has 7 heteroatoms. The smallest absolute Gasteiger partial charge is 0.176 e. The molecule has 20 heavy (non-hydrogen) atoms. The van der Waals surface area contributed by atoms with Crippen LogP contribution < -0.4 is 4.90 Å². The Morgan fingerprint density at radius 1 is 1.05 bits per heavy atom. The standard InChI is InChI=1S/C13H13N7/c1-19-13-12(16-4-5-17-13)11(18-19)9-7-20(8-9)10-6-14-2-3-15-10/h2-6,9H,7-8H2,1H3. The summed E-state index contributed by atoms with van der Waals surface area (Å²) in [5.74, 6) is 1.28. The molecule has 0 aromatic carbocycles. The Bertz CT molecular complexity index is 746. The zero-order chi connectivity index (χ0) is 13.5. The molecule has 4 rings (SSSR count). The summed E-state index contributed by atoms with van der Waals surface area (Å²) in [5, 5.41) is 4.57. The van der Waals surface area contributed by atoms with E-state index in [2.05, 4.69) is 29.9 Å². The van der Waals surface area contributed by atoms with Gasteiger partial charge in [0.2, 0.25) is 0 Å². The number of aryl methyl sites for hydroxylation is 1. The summed E-state index contributed by atoms with van der Waals surface area (Å²) in [5.41, 5.74) is 2.76. The highest BCUT2D eigenvalue weighted by molar-refractivity contribution is 5.74. The maximum absolute atomic E-state index is 4.57. The molecule has 1 fully saturated rings. The summed E-state index contributed by atoms with van der Waals surface area (Å²) < 4.78 is 1.79. The average Bonchev–Trinajstić information content (AvgIpc) is 2.77. The molecule has 0 atom stereocenters. The van der Waals surface area contributed by atoms with E-state index in [0.29, 0.717) is 5.92 Å². The number of hydrogen-bond donors (Lipinski definition) is 0. The lowest BCUT2D eigenvalue weighted by molar-refractivity contribution is 0.504. The Morgan fingerprint density at radius 3 is 2.65 bits per heavy atom. The molecule has 3 aromatic heterocycles. The third-order valence-electron chi connectivity index (χ3n) is 3.63. The summed E-state index contributed by atoms with van der Waals surface area (Å²) in [6.07, 6.45) is 8.59. The molecular weight excluding hydrogens is 254 g/mol. The highest BCUT2D eigenvalue weighted by atomic mass is 15.3. The molecule has 0 amide bonds. The van der Waals surface area contributed by atoms with E-state index in [1.54, 1.807) is 35.7 Å². The van der Waals surface area contributed by atoms with Gasteiger partial charge in [-0.25, -0.2) is 19.6 Å². The molecule has 3 aromatic rings. The Labute approximate surface area is 115 Å².